The first kappa shape index (κ1) is 13.8. The summed E-state index contributed by atoms with van der Waals surface area (Å²) in [5, 5.41) is 12.4. The monoisotopic (exact) mass is 261 g/mol. The lowest BCUT2D eigenvalue weighted by Gasteiger charge is -2.04. The van der Waals surface area contributed by atoms with Crippen molar-refractivity contribution in [3.63, 3.8) is 0 Å². The zero-order chi connectivity index (χ0) is 13.7. The van der Waals surface area contributed by atoms with Gasteiger partial charge in [0.25, 0.3) is 0 Å². The summed E-state index contributed by atoms with van der Waals surface area (Å²) in [5.41, 5.74) is 3.36. The lowest BCUT2D eigenvalue weighted by atomic mass is 10.3. The Labute approximate surface area is 114 Å². The fourth-order valence-corrected chi connectivity index (χ4v) is 2.15. The Morgan fingerprint density at radius 2 is 2.11 bits per heavy atom. The van der Waals surface area contributed by atoms with Crippen molar-refractivity contribution in [1.29, 1.82) is 0 Å². The Bertz CT molecular complexity index is 512. The number of nitrogens with zero attached hydrogens (tertiary/aromatic N) is 4. The highest BCUT2D eigenvalue weighted by atomic mass is 15.3. The summed E-state index contributed by atoms with van der Waals surface area (Å²) in [6.45, 7) is 9.86. The first-order valence-corrected chi connectivity index (χ1v) is 6.99. The number of rotatable bonds is 7. The van der Waals surface area contributed by atoms with Crippen LogP contribution in [-0.4, -0.2) is 26.1 Å². The van der Waals surface area contributed by atoms with E-state index in [9.17, 15) is 0 Å². The molecule has 2 rings (SSSR count). The van der Waals surface area contributed by atoms with Crippen LogP contribution < -0.4 is 5.32 Å². The van der Waals surface area contributed by atoms with E-state index in [4.69, 9.17) is 0 Å². The van der Waals surface area contributed by atoms with Crippen LogP contribution in [0.25, 0.3) is 0 Å². The van der Waals surface area contributed by atoms with Crippen molar-refractivity contribution in [2.45, 2.75) is 46.8 Å². The van der Waals surface area contributed by atoms with Crippen LogP contribution in [0.5, 0.6) is 0 Å². The van der Waals surface area contributed by atoms with Gasteiger partial charge in [0.15, 0.2) is 0 Å². The molecular formula is C14H23N5. The van der Waals surface area contributed by atoms with Gasteiger partial charge in [-0.3, -0.25) is 9.36 Å². The fraction of sp³-hybridized carbons (Fsp3) is 0.571. The van der Waals surface area contributed by atoms with Crippen molar-refractivity contribution in [2.24, 2.45) is 0 Å². The highest BCUT2D eigenvalue weighted by molar-refractivity contribution is 5.10. The van der Waals surface area contributed by atoms with E-state index in [1.165, 1.54) is 5.69 Å². The summed E-state index contributed by atoms with van der Waals surface area (Å²) >= 11 is 0. The van der Waals surface area contributed by atoms with E-state index in [1.54, 1.807) is 0 Å². The Morgan fingerprint density at radius 3 is 2.84 bits per heavy atom. The van der Waals surface area contributed by atoms with Crippen LogP contribution in [0.3, 0.4) is 0 Å². The first-order valence-electron chi connectivity index (χ1n) is 6.99. The molecule has 0 saturated heterocycles. The maximum absolute atomic E-state index is 4.58. The van der Waals surface area contributed by atoms with Gasteiger partial charge in [-0.15, -0.1) is 0 Å². The van der Waals surface area contributed by atoms with Crippen LogP contribution >= 0.6 is 0 Å². The molecule has 0 fully saturated rings. The summed E-state index contributed by atoms with van der Waals surface area (Å²) in [6.07, 6.45) is 3.18. The summed E-state index contributed by atoms with van der Waals surface area (Å²) in [6, 6.07) is 4.20. The van der Waals surface area contributed by atoms with E-state index < -0.39 is 0 Å². The highest BCUT2D eigenvalue weighted by Crippen LogP contribution is 2.06. The van der Waals surface area contributed by atoms with Crippen molar-refractivity contribution in [1.82, 2.24) is 24.9 Å². The van der Waals surface area contributed by atoms with Gasteiger partial charge >= 0.3 is 0 Å². The van der Waals surface area contributed by atoms with E-state index >= 15 is 0 Å². The zero-order valence-corrected chi connectivity index (χ0v) is 12.1. The molecule has 19 heavy (non-hydrogen) atoms. The van der Waals surface area contributed by atoms with E-state index in [0.29, 0.717) is 0 Å². The minimum atomic E-state index is 0.780. The largest absolute Gasteiger partial charge is 0.311 e. The van der Waals surface area contributed by atoms with Gasteiger partial charge in [-0.1, -0.05) is 6.92 Å². The van der Waals surface area contributed by atoms with Crippen LogP contribution in [0.4, 0.5) is 0 Å². The van der Waals surface area contributed by atoms with Crippen molar-refractivity contribution in [2.75, 3.05) is 6.54 Å². The molecule has 0 saturated carbocycles. The third kappa shape index (κ3) is 3.67. The van der Waals surface area contributed by atoms with Crippen molar-refractivity contribution >= 4 is 0 Å². The molecule has 0 unspecified atom stereocenters. The van der Waals surface area contributed by atoms with Crippen LogP contribution in [0.1, 0.15) is 37.4 Å². The summed E-state index contributed by atoms with van der Waals surface area (Å²) in [5.74, 6) is 0. The van der Waals surface area contributed by atoms with Gasteiger partial charge in [-0.25, -0.2) is 0 Å². The average Bonchev–Trinajstić information content (AvgIpc) is 2.97. The molecule has 2 aromatic heterocycles. The molecule has 2 aromatic rings. The number of aryl methyl sites for hydroxylation is 2. The minimum absolute atomic E-state index is 0.780. The third-order valence-corrected chi connectivity index (χ3v) is 3.04. The lowest BCUT2D eigenvalue weighted by molar-refractivity contribution is 0.567. The van der Waals surface area contributed by atoms with Crippen molar-refractivity contribution in [3.8, 4) is 0 Å². The average molecular weight is 261 g/mol. The van der Waals surface area contributed by atoms with Gasteiger partial charge in [0.05, 0.1) is 23.6 Å². The quantitative estimate of drug-likeness (QED) is 0.775. The lowest BCUT2D eigenvalue weighted by Crippen LogP contribution is -2.15. The number of nitrogens with one attached hydrogen (secondary N) is 1. The van der Waals surface area contributed by atoms with Crippen LogP contribution in [-0.2, 0) is 19.6 Å². The molecule has 0 atom stereocenters. The molecule has 5 nitrogen and oxygen atoms in total. The van der Waals surface area contributed by atoms with Crippen LogP contribution in [0.15, 0.2) is 18.3 Å². The second-order valence-corrected chi connectivity index (χ2v) is 4.77. The zero-order valence-electron chi connectivity index (χ0n) is 12.1. The summed E-state index contributed by atoms with van der Waals surface area (Å²) in [4.78, 5) is 0. The maximum Gasteiger partial charge on any atom is 0.0828 e. The predicted molar refractivity (Wildman–Crippen MR) is 76.0 cm³/mol. The third-order valence-electron chi connectivity index (χ3n) is 3.04. The van der Waals surface area contributed by atoms with E-state index in [-0.39, 0.29) is 0 Å². The molecule has 0 aliphatic rings. The highest BCUT2D eigenvalue weighted by Gasteiger charge is 2.06. The maximum atomic E-state index is 4.58. The Kier molecular flexibility index (Phi) is 4.74. The normalized spacial score (nSPS) is 11.1. The molecule has 104 valence electrons. The van der Waals surface area contributed by atoms with Crippen LogP contribution in [0.2, 0.25) is 0 Å². The number of aromatic nitrogens is 4. The number of hydrogen-bond acceptors (Lipinski definition) is 3. The molecule has 5 heteroatoms. The van der Waals surface area contributed by atoms with Gasteiger partial charge in [0.1, 0.15) is 0 Å². The Morgan fingerprint density at radius 1 is 1.26 bits per heavy atom. The molecule has 0 aromatic carbocycles. The second kappa shape index (κ2) is 6.52. The van der Waals surface area contributed by atoms with Gasteiger partial charge in [-0.2, -0.15) is 10.2 Å². The summed E-state index contributed by atoms with van der Waals surface area (Å²) < 4.78 is 4.01. The van der Waals surface area contributed by atoms with Gasteiger partial charge < -0.3 is 5.32 Å². The van der Waals surface area contributed by atoms with Crippen LogP contribution in [0, 0.1) is 6.92 Å². The fourth-order valence-electron chi connectivity index (χ4n) is 2.15. The standard InChI is InChI=1S/C14H23N5/c1-4-7-15-10-13-6-8-18(17-13)11-14-9-12(3)16-19(14)5-2/h6,8-9,15H,4-5,7,10-11H2,1-3H3. The SMILES string of the molecule is CCCNCc1ccn(Cc2cc(C)nn2CC)n1. The molecule has 0 bridgehead atoms. The molecular weight excluding hydrogens is 238 g/mol. The van der Waals surface area contributed by atoms with Gasteiger partial charge in [0, 0.05) is 19.3 Å². The van der Waals surface area contributed by atoms with E-state index in [2.05, 4.69) is 41.5 Å². The van der Waals surface area contributed by atoms with E-state index in [1.807, 2.05) is 22.5 Å². The minimum Gasteiger partial charge on any atom is -0.311 e. The first-order chi connectivity index (χ1) is 9.22. The van der Waals surface area contributed by atoms with Crippen molar-refractivity contribution < 1.29 is 0 Å². The molecule has 0 aliphatic carbocycles. The molecule has 0 radical (unpaired) electrons. The molecule has 0 amide bonds. The molecule has 0 aliphatic heterocycles. The predicted octanol–water partition coefficient (Wildman–Crippen LogP) is 1.96. The van der Waals surface area contributed by atoms with Gasteiger partial charge in [0.2, 0.25) is 0 Å². The Balaban J connectivity index is 1.99. The second-order valence-electron chi connectivity index (χ2n) is 4.77. The summed E-state index contributed by atoms with van der Waals surface area (Å²) in [7, 11) is 0. The van der Waals surface area contributed by atoms with E-state index in [0.717, 1.165) is 44.0 Å². The molecule has 1 N–H and O–H groups in total. The molecule has 0 spiro atoms. The smallest absolute Gasteiger partial charge is 0.0828 e. The Hall–Kier alpha value is -1.62. The topological polar surface area (TPSA) is 47.7 Å². The molecule has 2 heterocycles. The number of hydrogen-bond donors (Lipinski definition) is 1. The van der Waals surface area contributed by atoms with Crippen molar-refractivity contribution in [3.05, 3.63) is 35.4 Å². The van der Waals surface area contributed by atoms with Gasteiger partial charge in [-0.05, 0) is 38.9 Å².